The lowest BCUT2D eigenvalue weighted by Crippen LogP contribution is -2.07. The number of hydrogen-bond donors (Lipinski definition) is 1. The molecule has 1 aromatic heterocycles. The molecule has 0 amide bonds. The van der Waals surface area contributed by atoms with Crippen molar-refractivity contribution in [3.8, 4) is 5.69 Å². The van der Waals surface area contributed by atoms with Gasteiger partial charge in [0.1, 0.15) is 11.0 Å². The maximum Gasteiger partial charge on any atom is 0.115 e. The molecule has 0 fully saturated rings. The number of aliphatic hydroxyl groups is 1. The van der Waals surface area contributed by atoms with Crippen molar-refractivity contribution in [1.29, 1.82) is 0 Å². The molecule has 1 unspecified atom stereocenters. The normalized spacial score (nSPS) is 12.7. The summed E-state index contributed by atoms with van der Waals surface area (Å²) < 4.78 is 0. The molecule has 3 aromatic rings. The summed E-state index contributed by atoms with van der Waals surface area (Å²) in [5.74, 6) is 0. The van der Waals surface area contributed by atoms with Gasteiger partial charge in [0.15, 0.2) is 0 Å². The van der Waals surface area contributed by atoms with Crippen LogP contribution in [0.15, 0.2) is 36.4 Å². The first kappa shape index (κ1) is 16.0. The van der Waals surface area contributed by atoms with E-state index in [1.807, 2.05) is 24.3 Å². The molecular weight excluding hydrogens is 310 g/mol. The van der Waals surface area contributed by atoms with Crippen molar-refractivity contribution in [2.75, 3.05) is 0 Å². The van der Waals surface area contributed by atoms with Crippen LogP contribution in [0.5, 0.6) is 0 Å². The van der Waals surface area contributed by atoms with Gasteiger partial charge in [-0.2, -0.15) is 4.80 Å². The Labute approximate surface area is 140 Å². The van der Waals surface area contributed by atoms with E-state index in [-0.39, 0.29) is 6.10 Å². The monoisotopic (exact) mass is 329 g/mol. The fourth-order valence-electron chi connectivity index (χ4n) is 2.75. The van der Waals surface area contributed by atoms with Crippen LogP contribution in [0.25, 0.3) is 16.7 Å². The number of nitrogens with zero attached hydrogens (tertiary/aromatic N) is 3. The maximum atomic E-state index is 9.68. The Balaban J connectivity index is 2.06. The second-order valence-electron chi connectivity index (χ2n) is 5.93. The zero-order valence-corrected chi connectivity index (χ0v) is 14.1. The van der Waals surface area contributed by atoms with Gasteiger partial charge in [0.05, 0.1) is 11.8 Å². The maximum absolute atomic E-state index is 9.68. The zero-order chi connectivity index (χ0) is 16.4. The summed E-state index contributed by atoms with van der Waals surface area (Å²) in [6.07, 6.45) is 2.31. The number of fused-ring (bicyclic) bond motifs is 1. The minimum atomic E-state index is -0.372. The molecule has 1 atom stereocenters. The highest BCUT2D eigenvalue weighted by Gasteiger charge is 2.09. The van der Waals surface area contributed by atoms with E-state index in [4.69, 9.17) is 11.6 Å². The summed E-state index contributed by atoms with van der Waals surface area (Å²) in [4.78, 5) is 1.64. The third-order valence-electron chi connectivity index (χ3n) is 3.68. The Hall–Kier alpha value is -1.91. The van der Waals surface area contributed by atoms with Crippen LogP contribution in [0.2, 0.25) is 5.02 Å². The molecule has 0 saturated carbocycles. The molecule has 5 heteroatoms. The first-order valence-corrected chi connectivity index (χ1v) is 8.27. The van der Waals surface area contributed by atoms with Crippen molar-refractivity contribution in [1.82, 2.24) is 15.0 Å². The van der Waals surface area contributed by atoms with Gasteiger partial charge in [-0.25, -0.2) is 0 Å². The van der Waals surface area contributed by atoms with Gasteiger partial charge in [-0.1, -0.05) is 31.0 Å². The second-order valence-corrected chi connectivity index (χ2v) is 6.37. The fourth-order valence-corrected chi connectivity index (χ4v) is 2.92. The summed E-state index contributed by atoms with van der Waals surface area (Å²) >= 11 is 6.02. The number of rotatable bonds is 5. The summed E-state index contributed by atoms with van der Waals surface area (Å²) in [5, 5.41) is 19.4. The van der Waals surface area contributed by atoms with Crippen LogP contribution in [-0.2, 0) is 12.8 Å². The van der Waals surface area contributed by atoms with E-state index >= 15 is 0 Å². The summed E-state index contributed by atoms with van der Waals surface area (Å²) in [6, 6.07) is 11.8. The van der Waals surface area contributed by atoms with E-state index in [9.17, 15) is 5.11 Å². The molecule has 0 aliphatic heterocycles. The number of aryl methyl sites for hydroxylation is 1. The smallest absolute Gasteiger partial charge is 0.115 e. The minimum Gasteiger partial charge on any atom is -0.393 e. The van der Waals surface area contributed by atoms with E-state index in [1.54, 1.807) is 11.7 Å². The van der Waals surface area contributed by atoms with E-state index in [0.29, 0.717) is 11.4 Å². The largest absolute Gasteiger partial charge is 0.393 e. The quantitative estimate of drug-likeness (QED) is 0.771. The first-order valence-electron chi connectivity index (χ1n) is 7.89. The highest BCUT2D eigenvalue weighted by atomic mass is 35.5. The van der Waals surface area contributed by atoms with E-state index in [0.717, 1.165) is 35.1 Å². The van der Waals surface area contributed by atoms with Gasteiger partial charge in [-0.3, -0.25) is 0 Å². The highest BCUT2D eigenvalue weighted by Crippen LogP contribution is 2.20. The number of aliphatic hydroxyl groups excluding tert-OH is 1. The predicted octanol–water partition coefficient (Wildman–Crippen LogP) is 3.95. The zero-order valence-electron chi connectivity index (χ0n) is 13.3. The van der Waals surface area contributed by atoms with E-state index < -0.39 is 0 Å². The van der Waals surface area contributed by atoms with Crippen molar-refractivity contribution in [3.63, 3.8) is 0 Å². The van der Waals surface area contributed by atoms with Crippen molar-refractivity contribution in [2.45, 2.75) is 39.2 Å². The van der Waals surface area contributed by atoms with Gasteiger partial charge >= 0.3 is 0 Å². The van der Waals surface area contributed by atoms with Gasteiger partial charge in [0.2, 0.25) is 0 Å². The molecule has 0 aliphatic rings. The summed E-state index contributed by atoms with van der Waals surface area (Å²) in [6.45, 7) is 3.96. The molecule has 23 heavy (non-hydrogen) atoms. The van der Waals surface area contributed by atoms with Crippen molar-refractivity contribution in [3.05, 3.63) is 52.5 Å². The second kappa shape index (κ2) is 6.69. The molecule has 0 bridgehead atoms. The molecule has 0 radical (unpaired) electrons. The molecule has 0 spiro atoms. The van der Waals surface area contributed by atoms with Gasteiger partial charge in [0.25, 0.3) is 0 Å². The van der Waals surface area contributed by atoms with Crippen LogP contribution in [0.4, 0.5) is 0 Å². The Morgan fingerprint density at radius 1 is 1.09 bits per heavy atom. The Morgan fingerprint density at radius 3 is 2.57 bits per heavy atom. The molecule has 1 heterocycles. The van der Waals surface area contributed by atoms with E-state index in [1.165, 1.54) is 5.56 Å². The third kappa shape index (κ3) is 3.71. The van der Waals surface area contributed by atoms with Crippen LogP contribution in [0.3, 0.4) is 0 Å². The average molecular weight is 330 g/mol. The van der Waals surface area contributed by atoms with E-state index in [2.05, 4.69) is 29.3 Å². The third-order valence-corrected chi connectivity index (χ3v) is 3.92. The molecule has 2 aromatic carbocycles. The standard InChI is InChI=1S/C18H20ClN3O/c1-3-4-13-8-14(7-12(2)23)10-16(9-13)22-20-17-6-5-15(19)11-18(17)21-22/h5-6,8-12,23H,3-4,7H2,1-2H3. The lowest BCUT2D eigenvalue weighted by atomic mass is 10.0. The molecule has 4 nitrogen and oxygen atoms in total. The van der Waals surface area contributed by atoms with Crippen LogP contribution in [0, 0.1) is 0 Å². The molecule has 0 saturated heterocycles. The predicted molar refractivity (Wildman–Crippen MR) is 93.3 cm³/mol. The van der Waals surface area contributed by atoms with Gasteiger partial charge < -0.3 is 5.11 Å². The number of aromatic nitrogens is 3. The van der Waals surface area contributed by atoms with Crippen LogP contribution in [0.1, 0.15) is 31.4 Å². The van der Waals surface area contributed by atoms with Crippen LogP contribution in [-0.4, -0.2) is 26.2 Å². The lowest BCUT2D eigenvalue weighted by Gasteiger charge is -2.10. The fraction of sp³-hybridized carbons (Fsp3) is 0.333. The van der Waals surface area contributed by atoms with Crippen LogP contribution < -0.4 is 0 Å². The Kier molecular flexibility index (Phi) is 4.64. The molecule has 0 aliphatic carbocycles. The van der Waals surface area contributed by atoms with Crippen molar-refractivity contribution < 1.29 is 5.11 Å². The molecule has 120 valence electrons. The summed E-state index contributed by atoms with van der Waals surface area (Å²) in [5.41, 5.74) is 4.84. The number of halogens is 1. The molecule has 1 N–H and O–H groups in total. The van der Waals surface area contributed by atoms with Crippen molar-refractivity contribution >= 4 is 22.6 Å². The van der Waals surface area contributed by atoms with Crippen molar-refractivity contribution in [2.24, 2.45) is 0 Å². The Bertz CT molecular complexity index is 826. The first-order chi connectivity index (χ1) is 11.0. The molecular formula is C18H20ClN3O. The highest BCUT2D eigenvalue weighted by molar-refractivity contribution is 6.31. The Morgan fingerprint density at radius 2 is 1.83 bits per heavy atom. The topological polar surface area (TPSA) is 50.9 Å². The number of benzene rings is 2. The number of hydrogen-bond acceptors (Lipinski definition) is 3. The SMILES string of the molecule is CCCc1cc(CC(C)O)cc(-n2nc3ccc(Cl)cc3n2)c1. The lowest BCUT2D eigenvalue weighted by molar-refractivity contribution is 0.195. The van der Waals surface area contributed by atoms with Gasteiger partial charge in [-0.15, -0.1) is 10.2 Å². The van der Waals surface area contributed by atoms with Crippen LogP contribution >= 0.6 is 11.6 Å². The van der Waals surface area contributed by atoms with Gasteiger partial charge in [0, 0.05) is 5.02 Å². The van der Waals surface area contributed by atoms with Gasteiger partial charge in [-0.05, 0) is 61.2 Å². The minimum absolute atomic E-state index is 0.372. The summed E-state index contributed by atoms with van der Waals surface area (Å²) in [7, 11) is 0. The average Bonchev–Trinajstić information content (AvgIpc) is 2.89. The molecule has 3 rings (SSSR count).